The molecule has 0 saturated carbocycles. The van der Waals surface area contributed by atoms with Gasteiger partial charge in [0, 0.05) is 13.0 Å². The molecule has 0 fully saturated rings. The van der Waals surface area contributed by atoms with E-state index in [1.54, 1.807) is 13.4 Å². The third-order valence-corrected chi connectivity index (χ3v) is 2.48. The fourth-order valence-electron chi connectivity index (χ4n) is 1.62. The first kappa shape index (κ1) is 14.5. The summed E-state index contributed by atoms with van der Waals surface area (Å²) in [5.74, 6) is 1.20. The molecule has 0 spiro atoms. The molecule has 7 heteroatoms. The number of aromatic nitrogens is 4. The molecule has 0 saturated heterocycles. The summed E-state index contributed by atoms with van der Waals surface area (Å²) in [6.07, 6.45) is 4.11. The van der Waals surface area contributed by atoms with E-state index in [9.17, 15) is 0 Å². The number of hydrogen-bond donors (Lipinski definition) is 2. The molecule has 0 bridgehead atoms. The van der Waals surface area contributed by atoms with Crippen molar-refractivity contribution < 1.29 is 17.1 Å². The molecule has 0 aliphatic heterocycles. The van der Waals surface area contributed by atoms with Crippen LogP contribution in [-0.2, 0) is 4.74 Å². The number of nitrogens with one attached hydrogen (secondary N) is 2. The quantitative estimate of drug-likeness (QED) is 0.631. The second-order valence-corrected chi connectivity index (χ2v) is 3.89. The summed E-state index contributed by atoms with van der Waals surface area (Å²) in [6.45, 7) is 4.76. The van der Waals surface area contributed by atoms with Crippen LogP contribution in [0.4, 0.5) is 5.82 Å². The minimum absolute atomic E-state index is 0. The number of anilines is 1. The summed E-state index contributed by atoms with van der Waals surface area (Å²) in [5.41, 5.74) is 1.52. The molecule has 1 atom stereocenters. The molecule has 0 radical (unpaired) electrons. The van der Waals surface area contributed by atoms with Gasteiger partial charge in [-0.1, -0.05) is 0 Å². The number of ether oxygens (including phenoxy) is 1. The van der Waals surface area contributed by atoms with Crippen molar-refractivity contribution in [2.24, 2.45) is 5.92 Å². The molecule has 98 valence electrons. The number of imidazole rings is 1. The Kier molecular flexibility index (Phi) is 5.67. The molecule has 0 aliphatic rings. The Hall–Kier alpha value is -1.53. The maximum atomic E-state index is 4.97. The highest BCUT2D eigenvalue weighted by Gasteiger charge is 2.11. The van der Waals surface area contributed by atoms with Crippen molar-refractivity contribution in [2.75, 3.05) is 19.0 Å². The number of aromatic amines is 1. The minimum atomic E-state index is 0. The van der Waals surface area contributed by atoms with E-state index < -0.39 is 0 Å². The van der Waals surface area contributed by atoms with E-state index in [1.165, 1.54) is 6.33 Å². The average molecular weight is 270 g/mol. The number of nitrogens with zero attached hydrogens (tertiary/aromatic N) is 3. The molecule has 1 unspecified atom stereocenters. The predicted octanol–water partition coefficient (Wildman–Crippen LogP) is -1.40. The highest BCUT2D eigenvalue weighted by molar-refractivity contribution is 5.81. The zero-order valence-electron chi connectivity index (χ0n) is 10.4. The van der Waals surface area contributed by atoms with Crippen LogP contribution in [0.2, 0.25) is 0 Å². The van der Waals surface area contributed by atoms with Crippen molar-refractivity contribution in [3.8, 4) is 0 Å². The lowest BCUT2D eigenvalue weighted by atomic mass is 10.1. The molecule has 6 nitrogen and oxygen atoms in total. The van der Waals surface area contributed by atoms with Crippen molar-refractivity contribution in [2.45, 2.75) is 13.3 Å². The van der Waals surface area contributed by atoms with E-state index in [0.717, 1.165) is 24.3 Å². The highest BCUT2D eigenvalue weighted by atomic mass is 35.5. The minimum Gasteiger partial charge on any atom is -1.00 e. The van der Waals surface area contributed by atoms with Gasteiger partial charge in [-0.3, -0.25) is 0 Å². The summed E-state index contributed by atoms with van der Waals surface area (Å²) < 4.78 is 4.97. The van der Waals surface area contributed by atoms with Crippen LogP contribution in [0.1, 0.15) is 13.3 Å². The van der Waals surface area contributed by atoms with Gasteiger partial charge in [-0.25, -0.2) is 15.0 Å². The van der Waals surface area contributed by atoms with Crippen LogP contribution in [-0.4, -0.2) is 33.6 Å². The van der Waals surface area contributed by atoms with Crippen LogP contribution >= 0.6 is 0 Å². The Balaban J connectivity index is 0.00000162. The summed E-state index contributed by atoms with van der Waals surface area (Å²) in [7, 11) is 1.67. The Morgan fingerprint density at radius 2 is 2.28 bits per heavy atom. The molecule has 0 amide bonds. The third-order valence-electron chi connectivity index (χ3n) is 2.48. The zero-order valence-corrected chi connectivity index (χ0v) is 11.1. The molecule has 2 rings (SSSR count). The Labute approximate surface area is 112 Å². The van der Waals surface area contributed by atoms with Crippen molar-refractivity contribution >= 4 is 17.0 Å². The van der Waals surface area contributed by atoms with Crippen LogP contribution < -0.4 is 17.7 Å². The normalized spacial score (nSPS) is 11.9. The second-order valence-electron chi connectivity index (χ2n) is 3.89. The van der Waals surface area contributed by atoms with Crippen molar-refractivity contribution in [1.29, 1.82) is 0 Å². The Morgan fingerprint density at radius 3 is 3.06 bits per heavy atom. The molecule has 2 aromatic heterocycles. The number of hydrogen-bond acceptors (Lipinski definition) is 5. The van der Waals surface area contributed by atoms with Crippen molar-refractivity contribution in [1.82, 2.24) is 19.9 Å². The zero-order chi connectivity index (χ0) is 12.1. The van der Waals surface area contributed by atoms with E-state index in [4.69, 9.17) is 4.74 Å². The summed E-state index contributed by atoms with van der Waals surface area (Å²) in [6, 6.07) is 0. The summed E-state index contributed by atoms with van der Waals surface area (Å²) in [4.78, 5) is 15.3. The van der Waals surface area contributed by atoms with Gasteiger partial charge in [-0.2, -0.15) is 4.74 Å². The van der Waals surface area contributed by atoms with Crippen LogP contribution in [0.5, 0.6) is 0 Å². The van der Waals surface area contributed by atoms with Gasteiger partial charge < -0.3 is 22.7 Å². The fourth-order valence-corrected chi connectivity index (χ4v) is 1.62. The standard InChI is InChI=1S/C11H16N5O.ClH/c1-8(5-17-2)3-4-12-10-9-11(14-6-13-9)16-7-15-10;/h5-8H,3-4H2,1-2H3,(H2,12,13,14,15,16);1H/q+1;/p-1. The molecule has 2 heterocycles. The van der Waals surface area contributed by atoms with Gasteiger partial charge in [0.15, 0.2) is 11.5 Å². The van der Waals surface area contributed by atoms with E-state index in [2.05, 4.69) is 32.2 Å². The van der Waals surface area contributed by atoms with Crippen LogP contribution in [0.25, 0.3) is 11.2 Å². The molecular formula is C11H16ClN5O. The van der Waals surface area contributed by atoms with Crippen molar-refractivity contribution in [3.63, 3.8) is 0 Å². The summed E-state index contributed by atoms with van der Waals surface area (Å²) in [5, 5.41) is 3.27. The van der Waals surface area contributed by atoms with Gasteiger partial charge in [0.2, 0.25) is 6.61 Å². The molecule has 18 heavy (non-hydrogen) atoms. The van der Waals surface area contributed by atoms with Gasteiger partial charge in [0.05, 0.1) is 13.4 Å². The molecule has 0 aliphatic carbocycles. The average Bonchev–Trinajstić information content (AvgIpc) is 2.78. The van der Waals surface area contributed by atoms with Crippen molar-refractivity contribution in [3.05, 3.63) is 19.3 Å². The number of H-pyrrole nitrogens is 1. The Bertz CT molecular complexity index is 475. The lowest BCUT2D eigenvalue weighted by Gasteiger charge is -2.06. The van der Waals surface area contributed by atoms with Crippen LogP contribution in [0.3, 0.4) is 0 Å². The summed E-state index contributed by atoms with van der Waals surface area (Å²) >= 11 is 0. The van der Waals surface area contributed by atoms with Crippen LogP contribution in [0.15, 0.2) is 12.7 Å². The number of fused-ring (bicyclic) bond motifs is 1. The first-order valence-electron chi connectivity index (χ1n) is 5.55. The van der Waals surface area contributed by atoms with Gasteiger partial charge >= 0.3 is 0 Å². The van der Waals surface area contributed by atoms with Gasteiger partial charge in [0.25, 0.3) is 0 Å². The van der Waals surface area contributed by atoms with Gasteiger partial charge in [-0.05, 0) is 6.92 Å². The van der Waals surface area contributed by atoms with Gasteiger partial charge in [-0.15, -0.1) is 0 Å². The third kappa shape index (κ3) is 3.48. The van der Waals surface area contributed by atoms with Gasteiger partial charge in [0.1, 0.15) is 17.8 Å². The highest BCUT2D eigenvalue weighted by Crippen LogP contribution is 2.15. The maximum absolute atomic E-state index is 4.97. The molecule has 2 N–H and O–H groups in total. The SMILES string of the molecule is CO[CH+]C(C)CCNc1ncnc2nc[nH]c12.[Cl-]. The number of rotatable bonds is 6. The smallest absolute Gasteiger partial charge is 0.229 e. The predicted molar refractivity (Wildman–Crippen MR) is 65.3 cm³/mol. The largest absolute Gasteiger partial charge is 1.00 e. The van der Waals surface area contributed by atoms with E-state index in [1.807, 2.05) is 6.61 Å². The lowest BCUT2D eigenvalue weighted by molar-refractivity contribution is -0.00000413. The van der Waals surface area contributed by atoms with E-state index in [-0.39, 0.29) is 12.4 Å². The molecule has 0 aromatic carbocycles. The fraction of sp³-hybridized carbons (Fsp3) is 0.455. The molecule has 2 aromatic rings. The van der Waals surface area contributed by atoms with E-state index >= 15 is 0 Å². The maximum Gasteiger partial charge on any atom is 0.229 e. The number of methoxy groups -OCH3 is 1. The first-order valence-corrected chi connectivity index (χ1v) is 5.55. The lowest BCUT2D eigenvalue weighted by Crippen LogP contribution is -3.00. The van der Waals surface area contributed by atoms with E-state index in [0.29, 0.717) is 11.6 Å². The topological polar surface area (TPSA) is 75.7 Å². The van der Waals surface area contributed by atoms with Crippen LogP contribution in [0, 0.1) is 12.5 Å². The number of halogens is 1. The molecular weight excluding hydrogens is 254 g/mol. The first-order chi connectivity index (χ1) is 8.31. The monoisotopic (exact) mass is 269 g/mol. The second kappa shape index (κ2) is 7.03. The Morgan fingerprint density at radius 1 is 1.44 bits per heavy atom.